The Bertz CT molecular complexity index is 775. The second kappa shape index (κ2) is 10.0. The van der Waals surface area contributed by atoms with Gasteiger partial charge >= 0.3 is 0 Å². The van der Waals surface area contributed by atoms with Gasteiger partial charge in [-0.2, -0.15) is 0 Å². The third-order valence-electron chi connectivity index (χ3n) is 5.82. The molecule has 2 fully saturated rings. The quantitative estimate of drug-likeness (QED) is 0.621. The first kappa shape index (κ1) is 22.2. The smallest absolute Gasteiger partial charge is 0.240 e. The van der Waals surface area contributed by atoms with Crippen LogP contribution in [0.4, 0.5) is 0 Å². The maximum absolute atomic E-state index is 12.6. The van der Waals surface area contributed by atoms with Gasteiger partial charge in [-0.3, -0.25) is 4.79 Å². The number of hydrogen-bond donors (Lipinski definition) is 3. The van der Waals surface area contributed by atoms with Crippen molar-refractivity contribution in [1.82, 2.24) is 10.0 Å². The SMILES string of the molecule is Cc1ccc(S(=O)(=O)N[C@H]2CC[C@@H](CC(=O)NC3CCCCC3)O[C@H]2CO)cc1. The Morgan fingerprint density at radius 1 is 1.10 bits per heavy atom. The van der Waals surface area contributed by atoms with Gasteiger partial charge < -0.3 is 15.2 Å². The van der Waals surface area contributed by atoms with E-state index in [0.717, 1.165) is 31.2 Å². The van der Waals surface area contributed by atoms with Crippen LogP contribution in [0, 0.1) is 6.92 Å². The van der Waals surface area contributed by atoms with Gasteiger partial charge in [-0.15, -0.1) is 0 Å². The van der Waals surface area contributed by atoms with E-state index in [1.807, 2.05) is 6.92 Å². The second-order valence-corrected chi connectivity index (χ2v) is 9.92. The molecule has 1 aromatic rings. The molecule has 3 rings (SSSR count). The highest BCUT2D eigenvalue weighted by Gasteiger charge is 2.35. The summed E-state index contributed by atoms with van der Waals surface area (Å²) in [6.45, 7) is 1.59. The number of rotatable bonds is 7. The summed E-state index contributed by atoms with van der Waals surface area (Å²) >= 11 is 0. The summed E-state index contributed by atoms with van der Waals surface area (Å²) in [5.41, 5.74) is 0.979. The zero-order valence-corrected chi connectivity index (χ0v) is 17.8. The highest BCUT2D eigenvalue weighted by Crippen LogP contribution is 2.24. The molecule has 1 saturated carbocycles. The van der Waals surface area contributed by atoms with Crippen molar-refractivity contribution in [3.63, 3.8) is 0 Å². The number of amides is 1. The van der Waals surface area contributed by atoms with E-state index in [1.54, 1.807) is 24.3 Å². The summed E-state index contributed by atoms with van der Waals surface area (Å²) in [5, 5.41) is 12.8. The lowest BCUT2D eigenvalue weighted by Crippen LogP contribution is -2.51. The first-order chi connectivity index (χ1) is 13.9. The number of sulfonamides is 1. The Hall–Kier alpha value is -1.48. The molecule has 7 nitrogen and oxygen atoms in total. The van der Waals surface area contributed by atoms with Crippen molar-refractivity contribution in [3.8, 4) is 0 Å². The van der Waals surface area contributed by atoms with Crippen molar-refractivity contribution in [2.75, 3.05) is 6.61 Å². The van der Waals surface area contributed by atoms with Gasteiger partial charge in [0.05, 0.1) is 36.2 Å². The molecule has 162 valence electrons. The first-order valence-electron chi connectivity index (χ1n) is 10.5. The Labute approximate surface area is 173 Å². The molecule has 0 unspecified atom stereocenters. The van der Waals surface area contributed by atoms with Crippen LogP contribution in [0.1, 0.15) is 56.9 Å². The van der Waals surface area contributed by atoms with Crippen molar-refractivity contribution >= 4 is 15.9 Å². The van der Waals surface area contributed by atoms with E-state index in [1.165, 1.54) is 6.42 Å². The van der Waals surface area contributed by atoms with E-state index in [4.69, 9.17) is 4.74 Å². The number of nitrogens with one attached hydrogen (secondary N) is 2. The molecular weight excluding hydrogens is 392 g/mol. The second-order valence-electron chi connectivity index (χ2n) is 8.20. The normalized spacial score (nSPS) is 26.2. The highest BCUT2D eigenvalue weighted by molar-refractivity contribution is 7.89. The monoisotopic (exact) mass is 424 g/mol. The van der Waals surface area contributed by atoms with Crippen molar-refractivity contribution in [1.29, 1.82) is 0 Å². The fourth-order valence-electron chi connectivity index (χ4n) is 4.14. The summed E-state index contributed by atoms with van der Waals surface area (Å²) in [4.78, 5) is 12.5. The molecule has 1 aliphatic carbocycles. The van der Waals surface area contributed by atoms with Crippen molar-refractivity contribution in [2.24, 2.45) is 0 Å². The molecule has 0 bridgehead atoms. The molecular formula is C21H32N2O5S. The van der Waals surface area contributed by atoms with E-state index in [9.17, 15) is 18.3 Å². The van der Waals surface area contributed by atoms with E-state index in [0.29, 0.717) is 12.8 Å². The Kier molecular flexibility index (Phi) is 7.67. The molecule has 0 aromatic heterocycles. The van der Waals surface area contributed by atoms with Gasteiger partial charge in [0, 0.05) is 6.04 Å². The highest BCUT2D eigenvalue weighted by atomic mass is 32.2. The van der Waals surface area contributed by atoms with Crippen LogP contribution in [-0.4, -0.2) is 50.3 Å². The van der Waals surface area contributed by atoms with Crippen molar-refractivity contribution in [3.05, 3.63) is 29.8 Å². The summed E-state index contributed by atoms with van der Waals surface area (Å²) in [5.74, 6) is -0.0303. The molecule has 1 saturated heterocycles. The van der Waals surface area contributed by atoms with Gasteiger partial charge in [-0.25, -0.2) is 13.1 Å². The summed E-state index contributed by atoms with van der Waals surface area (Å²) in [7, 11) is -3.70. The third-order valence-corrected chi connectivity index (χ3v) is 7.32. The van der Waals surface area contributed by atoms with Crippen LogP contribution in [0.25, 0.3) is 0 Å². The zero-order chi connectivity index (χ0) is 20.9. The maximum Gasteiger partial charge on any atom is 0.240 e. The number of carbonyl (C=O) groups excluding carboxylic acids is 1. The van der Waals surface area contributed by atoms with Crippen LogP contribution >= 0.6 is 0 Å². The van der Waals surface area contributed by atoms with Gasteiger partial charge in [0.1, 0.15) is 0 Å². The maximum atomic E-state index is 12.6. The number of aryl methyl sites for hydroxylation is 1. The van der Waals surface area contributed by atoms with Crippen molar-refractivity contribution in [2.45, 2.75) is 87.5 Å². The van der Waals surface area contributed by atoms with Crippen LogP contribution in [0.15, 0.2) is 29.2 Å². The predicted molar refractivity (Wildman–Crippen MR) is 110 cm³/mol. The number of hydrogen-bond acceptors (Lipinski definition) is 5. The standard InChI is InChI=1S/C21H32N2O5S/c1-15-7-10-18(11-8-15)29(26,27)23-19-12-9-17(28-20(19)14-24)13-21(25)22-16-5-3-2-4-6-16/h7-8,10-11,16-17,19-20,23-24H,2-6,9,12-14H2,1H3,(H,22,25)/t17-,19-,20-/m0/s1. The Morgan fingerprint density at radius 2 is 1.79 bits per heavy atom. The number of aliphatic hydroxyl groups excluding tert-OH is 1. The predicted octanol–water partition coefficient (Wildman–Crippen LogP) is 2.02. The minimum absolute atomic E-state index is 0.0303. The molecule has 3 atom stereocenters. The van der Waals surface area contributed by atoms with Crippen LogP contribution in [0.2, 0.25) is 0 Å². The lowest BCUT2D eigenvalue weighted by Gasteiger charge is -2.36. The fourth-order valence-corrected chi connectivity index (χ4v) is 5.44. The zero-order valence-electron chi connectivity index (χ0n) is 17.0. The Balaban J connectivity index is 1.53. The summed E-state index contributed by atoms with van der Waals surface area (Å²) in [6.07, 6.45) is 5.93. The van der Waals surface area contributed by atoms with Gasteiger partial charge in [0.2, 0.25) is 15.9 Å². The molecule has 0 radical (unpaired) electrons. The molecule has 1 heterocycles. The Morgan fingerprint density at radius 3 is 2.45 bits per heavy atom. The van der Waals surface area contributed by atoms with Crippen LogP contribution in [-0.2, 0) is 19.6 Å². The number of benzene rings is 1. The number of ether oxygens (including phenoxy) is 1. The fraction of sp³-hybridized carbons (Fsp3) is 0.667. The van der Waals surface area contributed by atoms with Gasteiger partial charge in [0.25, 0.3) is 0 Å². The van der Waals surface area contributed by atoms with E-state index in [-0.39, 0.29) is 36.0 Å². The summed E-state index contributed by atoms with van der Waals surface area (Å²) in [6, 6.07) is 6.35. The molecule has 29 heavy (non-hydrogen) atoms. The third kappa shape index (κ3) is 6.25. The topological polar surface area (TPSA) is 105 Å². The molecule has 2 aliphatic rings. The molecule has 1 aliphatic heterocycles. The van der Waals surface area contributed by atoms with E-state index >= 15 is 0 Å². The van der Waals surface area contributed by atoms with E-state index in [2.05, 4.69) is 10.0 Å². The molecule has 0 spiro atoms. The van der Waals surface area contributed by atoms with Crippen LogP contribution in [0.3, 0.4) is 0 Å². The molecule has 1 amide bonds. The minimum Gasteiger partial charge on any atom is -0.394 e. The molecule has 1 aromatic carbocycles. The van der Waals surface area contributed by atoms with Crippen LogP contribution < -0.4 is 10.0 Å². The van der Waals surface area contributed by atoms with Gasteiger partial charge in [-0.05, 0) is 44.7 Å². The number of carbonyl (C=O) groups is 1. The van der Waals surface area contributed by atoms with Gasteiger partial charge in [0.15, 0.2) is 0 Å². The van der Waals surface area contributed by atoms with E-state index < -0.39 is 22.2 Å². The summed E-state index contributed by atoms with van der Waals surface area (Å²) < 4.78 is 33.8. The average Bonchev–Trinajstić information content (AvgIpc) is 2.70. The molecule has 8 heteroatoms. The van der Waals surface area contributed by atoms with Crippen molar-refractivity contribution < 1.29 is 23.1 Å². The van der Waals surface area contributed by atoms with Crippen LogP contribution in [0.5, 0.6) is 0 Å². The lowest BCUT2D eigenvalue weighted by molar-refractivity contribution is -0.131. The van der Waals surface area contributed by atoms with Gasteiger partial charge in [-0.1, -0.05) is 37.0 Å². The number of aliphatic hydroxyl groups is 1. The molecule has 3 N–H and O–H groups in total. The largest absolute Gasteiger partial charge is 0.394 e. The average molecular weight is 425 g/mol. The lowest BCUT2D eigenvalue weighted by atomic mass is 9.94. The minimum atomic E-state index is -3.70. The first-order valence-corrected chi connectivity index (χ1v) is 12.0.